The summed E-state index contributed by atoms with van der Waals surface area (Å²) in [7, 11) is 0. The van der Waals surface area contributed by atoms with Crippen molar-refractivity contribution in [2.24, 2.45) is 5.41 Å². The van der Waals surface area contributed by atoms with Gasteiger partial charge in [0, 0.05) is 11.6 Å². The van der Waals surface area contributed by atoms with E-state index in [9.17, 15) is 15.2 Å². The van der Waals surface area contributed by atoms with Crippen molar-refractivity contribution in [1.29, 1.82) is 5.26 Å². The van der Waals surface area contributed by atoms with Gasteiger partial charge in [-0.3, -0.25) is 4.79 Å². The fourth-order valence-corrected chi connectivity index (χ4v) is 6.31. The molecular weight excluding hydrogens is 464 g/mol. The number of hydrogen-bond acceptors (Lipinski definition) is 5. The highest BCUT2D eigenvalue weighted by Gasteiger charge is 2.47. The number of aliphatic hydroxyl groups is 1. The van der Waals surface area contributed by atoms with Gasteiger partial charge >= 0.3 is 0 Å². The van der Waals surface area contributed by atoms with Gasteiger partial charge in [0.25, 0.3) is 5.91 Å². The van der Waals surface area contributed by atoms with E-state index in [1.165, 1.54) is 0 Å². The van der Waals surface area contributed by atoms with Crippen LogP contribution in [-0.4, -0.2) is 35.4 Å². The molecule has 37 heavy (non-hydrogen) atoms. The molecule has 0 bridgehead atoms. The van der Waals surface area contributed by atoms with Gasteiger partial charge in [-0.1, -0.05) is 0 Å². The molecule has 0 heterocycles. The quantitative estimate of drug-likeness (QED) is 0.524. The Morgan fingerprint density at radius 2 is 1.59 bits per heavy atom. The number of nitriles is 1. The Labute approximate surface area is 220 Å². The highest BCUT2D eigenvalue weighted by atomic mass is 16.5. The lowest BCUT2D eigenvalue weighted by molar-refractivity contribution is -0.0614. The van der Waals surface area contributed by atoms with E-state index in [0.717, 1.165) is 86.8 Å². The normalized spacial score (nSPS) is 29.1. The van der Waals surface area contributed by atoms with E-state index < -0.39 is 0 Å². The van der Waals surface area contributed by atoms with E-state index in [1.807, 2.05) is 50.2 Å². The van der Waals surface area contributed by atoms with Crippen molar-refractivity contribution in [1.82, 2.24) is 5.32 Å². The highest BCUT2D eigenvalue weighted by Crippen LogP contribution is 2.52. The summed E-state index contributed by atoms with van der Waals surface area (Å²) in [6.07, 6.45) is 9.97. The zero-order valence-corrected chi connectivity index (χ0v) is 22.0. The van der Waals surface area contributed by atoms with Gasteiger partial charge < -0.3 is 19.9 Å². The first kappa shape index (κ1) is 25.6. The average molecular weight is 503 g/mol. The second-order valence-electron chi connectivity index (χ2n) is 11.4. The lowest BCUT2D eigenvalue weighted by Crippen LogP contribution is -2.46. The van der Waals surface area contributed by atoms with Crippen LogP contribution in [0.25, 0.3) is 0 Å². The molecule has 5 rings (SSSR count). The number of rotatable bonds is 6. The fraction of sp³-hybridized carbons (Fsp3) is 0.548. The molecule has 0 unspecified atom stereocenters. The van der Waals surface area contributed by atoms with E-state index in [1.54, 1.807) is 0 Å². The van der Waals surface area contributed by atoms with Crippen LogP contribution in [0.2, 0.25) is 0 Å². The maximum atomic E-state index is 12.8. The molecule has 0 aliphatic heterocycles. The van der Waals surface area contributed by atoms with E-state index >= 15 is 0 Å². The second-order valence-corrected chi connectivity index (χ2v) is 11.4. The Hall–Kier alpha value is -3.04. The molecule has 3 fully saturated rings. The zero-order chi connectivity index (χ0) is 26.0. The first-order valence-corrected chi connectivity index (χ1v) is 13.8. The van der Waals surface area contributed by atoms with Crippen LogP contribution in [0.4, 0.5) is 0 Å². The Bertz CT molecular complexity index is 1140. The molecule has 0 atom stereocenters. The average Bonchev–Trinajstić information content (AvgIpc) is 2.89. The van der Waals surface area contributed by atoms with Gasteiger partial charge in [-0.2, -0.15) is 5.26 Å². The van der Waals surface area contributed by atoms with Gasteiger partial charge in [0.2, 0.25) is 0 Å². The molecule has 6 heteroatoms. The molecule has 0 aromatic heterocycles. The summed E-state index contributed by atoms with van der Waals surface area (Å²) in [6.45, 7) is 3.96. The van der Waals surface area contributed by atoms with Gasteiger partial charge in [0.05, 0.1) is 29.9 Å². The Morgan fingerprint density at radius 1 is 0.919 bits per heavy atom. The van der Waals surface area contributed by atoms with Crippen LogP contribution in [0.15, 0.2) is 36.4 Å². The minimum absolute atomic E-state index is 0.0437. The topological polar surface area (TPSA) is 91.6 Å². The minimum Gasteiger partial charge on any atom is -0.490 e. The van der Waals surface area contributed by atoms with Crippen LogP contribution in [0, 0.1) is 30.6 Å². The third-order valence-electron chi connectivity index (χ3n) is 8.92. The van der Waals surface area contributed by atoms with Crippen LogP contribution in [0.1, 0.15) is 91.3 Å². The first-order chi connectivity index (χ1) is 17.8. The monoisotopic (exact) mass is 502 g/mol. The fourth-order valence-electron chi connectivity index (χ4n) is 6.31. The van der Waals surface area contributed by atoms with Crippen molar-refractivity contribution in [2.75, 3.05) is 0 Å². The summed E-state index contributed by atoms with van der Waals surface area (Å²) in [5.74, 6) is 1.62. The predicted molar refractivity (Wildman–Crippen MR) is 142 cm³/mol. The van der Waals surface area contributed by atoms with E-state index in [4.69, 9.17) is 9.47 Å². The summed E-state index contributed by atoms with van der Waals surface area (Å²) in [6, 6.07) is 13.6. The number of benzene rings is 2. The van der Waals surface area contributed by atoms with Crippen LogP contribution < -0.4 is 14.8 Å². The number of ether oxygens (including phenoxy) is 2. The van der Waals surface area contributed by atoms with Crippen molar-refractivity contribution in [3.63, 3.8) is 0 Å². The Balaban J connectivity index is 1.06. The Morgan fingerprint density at radius 3 is 2.24 bits per heavy atom. The molecule has 3 aliphatic rings. The zero-order valence-electron chi connectivity index (χ0n) is 22.0. The SMILES string of the molecule is Cc1c(C#N)ccc(OC2CCC(NC(=O)c3ccc(OC4CC5(CCC(O)CC5)C4)cc3)CC2)c1C. The summed E-state index contributed by atoms with van der Waals surface area (Å²) in [5.41, 5.74) is 3.72. The number of nitrogens with one attached hydrogen (secondary N) is 1. The molecule has 2 aromatic rings. The van der Waals surface area contributed by atoms with Gasteiger partial charge in [-0.15, -0.1) is 0 Å². The van der Waals surface area contributed by atoms with Crippen LogP contribution in [-0.2, 0) is 0 Å². The third-order valence-corrected chi connectivity index (χ3v) is 8.92. The van der Waals surface area contributed by atoms with E-state index in [-0.39, 0.29) is 30.3 Å². The van der Waals surface area contributed by atoms with E-state index in [2.05, 4.69) is 11.4 Å². The number of carbonyl (C=O) groups excluding carboxylic acids is 1. The minimum atomic E-state index is -0.116. The molecule has 3 saturated carbocycles. The van der Waals surface area contributed by atoms with Crippen LogP contribution in [0.5, 0.6) is 11.5 Å². The maximum absolute atomic E-state index is 12.8. The smallest absolute Gasteiger partial charge is 0.251 e. The molecule has 0 saturated heterocycles. The summed E-state index contributed by atoms with van der Waals surface area (Å²) >= 11 is 0. The third kappa shape index (κ3) is 5.78. The molecule has 196 valence electrons. The summed E-state index contributed by atoms with van der Waals surface area (Å²) < 4.78 is 12.4. The van der Waals surface area contributed by atoms with Gasteiger partial charge in [-0.05, 0) is 131 Å². The summed E-state index contributed by atoms with van der Waals surface area (Å²) in [5, 5.41) is 22.2. The van der Waals surface area contributed by atoms with Crippen molar-refractivity contribution < 1.29 is 19.4 Å². The van der Waals surface area contributed by atoms with Gasteiger partial charge in [0.15, 0.2) is 0 Å². The standard InChI is InChI=1S/C31H38N2O4/c1-20-21(2)29(12-5-23(20)19-32)37-27-10-6-24(7-11-27)33-30(35)22-3-8-26(9-4-22)36-28-17-31(18-28)15-13-25(34)14-16-31/h3-5,8-9,12,24-25,27-28,34H,6-7,10-11,13-18H2,1-2H3,(H,33,35). The summed E-state index contributed by atoms with van der Waals surface area (Å²) in [4.78, 5) is 12.8. The molecule has 6 nitrogen and oxygen atoms in total. The van der Waals surface area contributed by atoms with Crippen molar-refractivity contribution in [3.8, 4) is 17.6 Å². The lowest BCUT2D eigenvalue weighted by Gasteiger charge is -2.50. The number of nitrogens with zero attached hydrogens (tertiary/aromatic N) is 1. The molecule has 2 N–H and O–H groups in total. The molecule has 3 aliphatic carbocycles. The van der Waals surface area contributed by atoms with Crippen molar-refractivity contribution >= 4 is 5.91 Å². The van der Waals surface area contributed by atoms with Crippen molar-refractivity contribution in [3.05, 3.63) is 58.7 Å². The highest BCUT2D eigenvalue weighted by molar-refractivity contribution is 5.94. The molecular formula is C31H38N2O4. The van der Waals surface area contributed by atoms with Crippen LogP contribution >= 0.6 is 0 Å². The largest absolute Gasteiger partial charge is 0.490 e. The first-order valence-electron chi connectivity index (χ1n) is 13.8. The maximum Gasteiger partial charge on any atom is 0.251 e. The molecule has 0 radical (unpaired) electrons. The Kier molecular flexibility index (Phi) is 7.44. The molecule has 2 aromatic carbocycles. The number of aliphatic hydroxyl groups excluding tert-OH is 1. The number of amides is 1. The van der Waals surface area contributed by atoms with Gasteiger partial charge in [-0.25, -0.2) is 0 Å². The van der Waals surface area contributed by atoms with E-state index in [0.29, 0.717) is 16.5 Å². The van der Waals surface area contributed by atoms with Crippen molar-refractivity contribution in [2.45, 2.75) is 102 Å². The predicted octanol–water partition coefficient (Wildman–Crippen LogP) is 5.76. The number of carbonyl (C=O) groups is 1. The molecule has 1 amide bonds. The van der Waals surface area contributed by atoms with Crippen LogP contribution in [0.3, 0.4) is 0 Å². The number of hydrogen-bond donors (Lipinski definition) is 2. The van der Waals surface area contributed by atoms with Gasteiger partial charge in [0.1, 0.15) is 11.5 Å². The lowest BCUT2D eigenvalue weighted by atomic mass is 9.59. The molecule has 1 spiro atoms. The second kappa shape index (κ2) is 10.8.